The van der Waals surface area contributed by atoms with E-state index in [4.69, 9.17) is 5.11 Å². The topological polar surface area (TPSA) is 32.3 Å². The molecular formula is C6H14NO. The van der Waals surface area contributed by atoms with Crippen molar-refractivity contribution >= 4 is 0 Å². The molecule has 0 aromatic heterocycles. The van der Waals surface area contributed by atoms with Gasteiger partial charge < -0.3 is 10.4 Å². The Morgan fingerprint density at radius 1 is 1.75 bits per heavy atom. The van der Waals surface area contributed by atoms with E-state index in [2.05, 4.69) is 12.2 Å². The summed E-state index contributed by atoms with van der Waals surface area (Å²) >= 11 is 0. The third-order valence-electron chi connectivity index (χ3n) is 0.753. The van der Waals surface area contributed by atoms with Crippen LogP contribution >= 0.6 is 0 Å². The Balaban J connectivity index is 2.72. The van der Waals surface area contributed by atoms with Gasteiger partial charge >= 0.3 is 0 Å². The van der Waals surface area contributed by atoms with E-state index in [1.165, 1.54) is 0 Å². The van der Waals surface area contributed by atoms with E-state index in [0.29, 0.717) is 0 Å². The molecule has 2 N–H and O–H groups in total. The molecule has 0 fully saturated rings. The largest absolute Gasteiger partial charge is 0.392 e. The molecule has 1 unspecified atom stereocenters. The van der Waals surface area contributed by atoms with Crippen LogP contribution in [0.4, 0.5) is 0 Å². The normalized spacial score (nSPS) is 13.9. The molecule has 2 nitrogen and oxygen atoms in total. The van der Waals surface area contributed by atoms with Crippen molar-refractivity contribution in [2.45, 2.75) is 26.4 Å². The maximum atomic E-state index is 8.66. The van der Waals surface area contributed by atoms with Crippen molar-refractivity contribution in [1.82, 2.24) is 5.32 Å². The van der Waals surface area contributed by atoms with Gasteiger partial charge in [0.1, 0.15) is 0 Å². The maximum absolute atomic E-state index is 8.66. The monoisotopic (exact) mass is 116 g/mol. The number of hydrogen-bond acceptors (Lipinski definition) is 2. The van der Waals surface area contributed by atoms with Gasteiger partial charge in [-0.1, -0.05) is 6.92 Å². The smallest absolute Gasteiger partial charge is 0.0681 e. The van der Waals surface area contributed by atoms with Gasteiger partial charge in [0.2, 0.25) is 0 Å². The summed E-state index contributed by atoms with van der Waals surface area (Å²) in [7, 11) is 0. The Morgan fingerprint density at radius 3 is 2.75 bits per heavy atom. The summed E-state index contributed by atoms with van der Waals surface area (Å²) < 4.78 is 0. The molecule has 0 aliphatic heterocycles. The number of rotatable bonds is 4. The van der Waals surface area contributed by atoms with Gasteiger partial charge in [-0.3, -0.25) is 0 Å². The molecule has 0 bridgehead atoms. The van der Waals surface area contributed by atoms with Crippen molar-refractivity contribution in [1.29, 1.82) is 0 Å². The minimum absolute atomic E-state index is 0.332. The molecule has 0 amide bonds. The van der Waals surface area contributed by atoms with E-state index in [1.807, 2.05) is 0 Å². The molecule has 8 heavy (non-hydrogen) atoms. The van der Waals surface area contributed by atoms with Crippen molar-refractivity contribution in [3.8, 4) is 0 Å². The number of hydrogen-bond donors (Lipinski definition) is 2. The van der Waals surface area contributed by atoms with Gasteiger partial charge in [-0.05, 0) is 19.9 Å². The molecule has 1 atom stereocenters. The molecule has 0 spiro atoms. The zero-order chi connectivity index (χ0) is 6.41. The second-order valence-corrected chi connectivity index (χ2v) is 1.86. The maximum Gasteiger partial charge on any atom is 0.0681 e. The molecule has 0 heterocycles. The van der Waals surface area contributed by atoms with Crippen molar-refractivity contribution in [3.63, 3.8) is 0 Å². The first-order chi connectivity index (χ1) is 3.77. The van der Waals surface area contributed by atoms with Gasteiger partial charge in [0.25, 0.3) is 0 Å². The summed E-state index contributed by atoms with van der Waals surface area (Å²) in [4.78, 5) is 0. The van der Waals surface area contributed by atoms with Crippen molar-refractivity contribution < 1.29 is 5.11 Å². The zero-order valence-corrected chi connectivity index (χ0v) is 5.52. The van der Waals surface area contributed by atoms with Crippen LogP contribution < -0.4 is 5.32 Å². The molecule has 0 aromatic rings. The molecule has 0 rings (SSSR count). The first-order valence-corrected chi connectivity index (χ1v) is 3.02. The third-order valence-corrected chi connectivity index (χ3v) is 0.753. The predicted molar refractivity (Wildman–Crippen MR) is 34.3 cm³/mol. The van der Waals surface area contributed by atoms with Crippen LogP contribution in [0.25, 0.3) is 0 Å². The highest BCUT2D eigenvalue weighted by Crippen LogP contribution is 1.81. The quantitative estimate of drug-likeness (QED) is 0.525. The molecule has 49 valence electrons. The van der Waals surface area contributed by atoms with E-state index >= 15 is 0 Å². The first-order valence-electron chi connectivity index (χ1n) is 3.02. The van der Waals surface area contributed by atoms with Gasteiger partial charge in [-0.25, -0.2) is 0 Å². The van der Waals surface area contributed by atoms with E-state index in [-0.39, 0.29) is 6.10 Å². The Hall–Kier alpha value is -0.0800. The number of aliphatic hydroxyl groups is 1. The van der Waals surface area contributed by atoms with Crippen molar-refractivity contribution in [2.75, 3.05) is 6.54 Å². The van der Waals surface area contributed by atoms with Crippen LogP contribution in [-0.4, -0.2) is 17.8 Å². The van der Waals surface area contributed by atoms with E-state index in [1.54, 1.807) is 13.5 Å². The SMILES string of the molecule is CCCN[CH]C(C)O. The van der Waals surface area contributed by atoms with Gasteiger partial charge in [0.05, 0.1) is 12.6 Å². The fourth-order valence-electron chi connectivity index (χ4n) is 0.398. The van der Waals surface area contributed by atoms with Crippen LogP contribution in [0.15, 0.2) is 0 Å². The molecule has 0 saturated carbocycles. The van der Waals surface area contributed by atoms with Crippen LogP contribution in [0.3, 0.4) is 0 Å². The fourth-order valence-corrected chi connectivity index (χ4v) is 0.398. The molecule has 0 saturated heterocycles. The summed E-state index contributed by atoms with van der Waals surface area (Å²) in [6.07, 6.45) is 0.769. The molecule has 2 heteroatoms. The average Bonchev–Trinajstić information content (AvgIpc) is 1.66. The molecular weight excluding hydrogens is 102 g/mol. The third kappa shape index (κ3) is 5.92. The summed E-state index contributed by atoms with van der Waals surface area (Å²) in [6.45, 7) is 6.44. The molecule has 0 aliphatic carbocycles. The molecule has 0 aromatic carbocycles. The number of nitrogens with one attached hydrogen (secondary N) is 1. The van der Waals surface area contributed by atoms with E-state index in [0.717, 1.165) is 13.0 Å². The van der Waals surface area contributed by atoms with Crippen molar-refractivity contribution in [3.05, 3.63) is 6.54 Å². The summed E-state index contributed by atoms with van der Waals surface area (Å²) in [6, 6.07) is 0. The lowest BCUT2D eigenvalue weighted by atomic mass is 10.4. The van der Waals surface area contributed by atoms with Crippen molar-refractivity contribution in [2.24, 2.45) is 0 Å². The number of aliphatic hydroxyl groups excluding tert-OH is 1. The highest BCUT2D eigenvalue weighted by Gasteiger charge is 1.91. The van der Waals surface area contributed by atoms with E-state index < -0.39 is 0 Å². The fraction of sp³-hybridized carbons (Fsp3) is 0.833. The van der Waals surface area contributed by atoms with Gasteiger partial charge in [0.15, 0.2) is 0 Å². The van der Waals surface area contributed by atoms with Gasteiger partial charge in [0, 0.05) is 0 Å². The van der Waals surface area contributed by atoms with Gasteiger partial charge in [-0.15, -0.1) is 0 Å². The second-order valence-electron chi connectivity index (χ2n) is 1.86. The minimum Gasteiger partial charge on any atom is -0.392 e. The summed E-state index contributed by atoms with van der Waals surface area (Å²) in [5, 5.41) is 11.6. The average molecular weight is 116 g/mol. The Kier molecular flexibility index (Phi) is 5.01. The lowest BCUT2D eigenvalue weighted by Crippen LogP contribution is -2.18. The van der Waals surface area contributed by atoms with Gasteiger partial charge in [-0.2, -0.15) is 0 Å². The second kappa shape index (κ2) is 5.06. The minimum atomic E-state index is -0.332. The lowest BCUT2D eigenvalue weighted by molar-refractivity contribution is 0.218. The Bertz CT molecular complexity index is 45.8. The van der Waals surface area contributed by atoms with Crippen LogP contribution in [-0.2, 0) is 0 Å². The highest BCUT2D eigenvalue weighted by molar-refractivity contribution is 4.66. The summed E-state index contributed by atoms with van der Waals surface area (Å²) in [5.74, 6) is 0. The molecule has 0 aliphatic rings. The van der Waals surface area contributed by atoms with Crippen LogP contribution in [0.5, 0.6) is 0 Å². The van der Waals surface area contributed by atoms with Crippen LogP contribution in [0, 0.1) is 6.54 Å². The zero-order valence-electron chi connectivity index (χ0n) is 5.52. The predicted octanol–water partition coefficient (Wildman–Crippen LogP) is 0.529. The Labute approximate surface area is 50.9 Å². The first kappa shape index (κ1) is 7.92. The van der Waals surface area contributed by atoms with Crippen LogP contribution in [0.1, 0.15) is 20.3 Å². The molecule has 1 radical (unpaired) electrons. The summed E-state index contributed by atoms with van der Waals surface area (Å²) in [5.41, 5.74) is 0. The van der Waals surface area contributed by atoms with E-state index in [9.17, 15) is 0 Å². The van der Waals surface area contributed by atoms with Crippen LogP contribution in [0.2, 0.25) is 0 Å². The Morgan fingerprint density at radius 2 is 2.38 bits per heavy atom. The standard InChI is InChI=1S/C6H14NO/c1-3-4-7-5-6(2)8/h5-8H,3-4H2,1-2H3. The highest BCUT2D eigenvalue weighted by atomic mass is 16.3. The lowest BCUT2D eigenvalue weighted by Gasteiger charge is -2.02.